The van der Waals surface area contributed by atoms with Crippen molar-refractivity contribution in [1.82, 2.24) is 34.8 Å². The fraction of sp³-hybridized carbons (Fsp3) is 0.207. The summed E-state index contributed by atoms with van der Waals surface area (Å²) in [6.07, 6.45) is 5.42. The van der Waals surface area contributed by atoms with Crippen molar-refractivity contribution in [1.29, 1.82) is 0 Å². The van der Waals surface area contributed by atoms with Crippen LogP contribution in [-0.2, 0) is 4.79 Å². The molecular weight excluding hydrogens is 508 g/mol. The summed E-state index contributed by atoms with van der Waals surface area (Å²) in [6, 6.07) is 21.7. The molecule has 2 aromatic carbocycles. The van der Waals surface area contributed by atoms with Gasteiger partial charge in [0.15, 0.2) is 5.11 Å². The Labute approximate surface area is 231 Å². The third-order valence-electron chi connectivity index (χ3n) is 7.23. The van der Waals surface area contributed by atoms with Crippen molar-refractivity contribution >= 4 is 39.7 Å². The zero-order valence-corrected chi connectivity index (χ0v) is 22.5. The molecule has 1 amide bonds. The second kappa shape index (κ2) is 10.3. The minimum Gasteiger partial charge on any atom is -0.352 e. The molecule has 3 aromatic heterocycles. The van der Waals surface area contributed by atoms with E-state index in [0.29, 0.717) is 11.7 Å². The van der Waals surface area contributed by atoms with Gasteiger partial charge in [-0.15, -0.1) is 10.2 Å². The highest BCUT2D eigenvalue weighted by atomic mass is 32.1. The number of thiocarbonyl (C=S) groups is 1. The zero-order chi connectivity index (χ0) is 26.9. The van der Waals surface area contributed by atoms with E-state index >= 15 is 0 Å². The summed E-state index contributed by atoms with van der Waals surface area (Å²) in [7, 11) is 0. The summed E-state index contributed by atoms with van der Waals surface area (Å²) in [5.41, 5.74) is 4.87. The number of rotatable bonds is 7. The van der Waals surface area contributed by atoms with Crippen LogP contribution in [0.15, 0.2) is 85.6 Å². The van der Waals surface area contributed by atoms with Crippen LogP contribution in [0.1, 0.15) is 41.1 Å². The molecule has 0 saturated carbocycles. The van der Waals surface area contributed by atoms with Gasteiger partial charge >= 0.3 is 0 Å². The van der Waals surface area contributed by atoms with E-state index in [1.54, 1.807) is 18.9 Å². The number of carbonyl (C=O) groups excluding carboxylic acids is 1. The first-order chi connectivity index (χ1) is 19.0. The fourth-order valence-electron chi connectivity index (χ4n) is 5.48. The quantitative estimate of drug-likeness (QED) is 0.295. The maximum atomic E-state index is 13.2. The van der Waals surface area contributed by atoms with E-state index in [9.17, 15) is 4.79 Å². The number of pyridine rings is 1. The van der Waals surface area contributed by atoms with Gasteiger partial charge in [0.05, 0.1) is 17.8 Å². The lowest BCUT2D eigenvalue weighted by atomic mass is 9.96. The Balaban J connectivity index is 1.30. The second-order valence-electron chi connectivity index (χ2n) is 9.63. The van der Waals surface area contributed by atoms with Crippen LogP contribution in [-0.4, -0.2) is 47.0 Å². The van der Waals surface area contributed by atoms with Gasteiger partial charge in [-0.05, 0) is 55.7 Å². The molecule has 1 aliphatic heterocycles. The largest absolute Gasteiger partial charge is 0.352 e. The molecule has 2 atom stereocenters. The molecule has 5 aromatic rings. The maximum Gasteiger partial charge on any atom is 0.226 e. The molecule has 0 radical (unpaired) electrons. The number of nitrogens with zero attached hydrogens (tertiary/aromatic N) is 6. The summed E-state index contributed by atoms with van der Waals surface area (Å²) in [5, 5.41) is 17.2. The average Bonchev–Trinajstić information content (AvgIpc) is 3.66. The van der Waals surface area contributed by atoms with Crippen LogP contribution in [0.25, 0.3) is 10.8 Å². The summed E-state index contributed by atoms with van der Waals surface area (Å²) in [5.74, 6) is -0.0656. The lowest BCUT2D eigenvalue weighted by Gasteiger charge is -2.28. The lowest BCUT2D eigenvalue weighted by molar-refractivity contribution is -0.116. The van der Waals surface area contributed by atoms with Crippen LogP contribution >= 0.6 is 12.2 Å². The Morgan fingerprint density at radius 2 is 1.79 bits per heavy atom. The highest BCUT2D eigenvalue weighted by Crippen LogP contribution is 2.41. The molecule has 1 saturated heterocycles. The van der Waals surface area contributed by atoms with E-state index in [0.717, 1.165) is 39.1 Å². The van der Waals surface area contributed by atoms with Crippen LogP contribution < -0.4 is 10.6 Å². The van der Waals surface area contributed by atoms with Crippen LogP contribution in [0.5, 0.6) is 0 Å². The van der Waals surface area contributed by atoms with E-state index in [-0.39, 0.29) is 24.4 Å². The number of nitrogens with one attached hydrogen (secondary N) is 2. The molecule has 0 aliphatic carbocycles. The molecule has 2 N–H and O–H groups in total. The fourth-order valence-corrected chi connectivity index (χ4v) is 5.82. The van der Waals surface area contributed by atoms with Gasteiger partial charge in [-0.2, -0.15) is 0 Å². The predicted octanol–water partition coefficient (Wildman–Crippen LogP) is 4.56. The Hall–Kier alpha value is -4.57. The topological polar surface area (TPSA) is 92.9 Å². The van der Waals surface area contributed by atoms with Gasteiger partial charge in [-0.3, -0.25) is 14.5 Å². The van der Waals surface area contributed by atoms with E-state index in [4.69, 9.17) is 12.2 Å². The predicted molar refractivity (Wildman–Crippen MR) is 154 cm³/mol. The van der Waals surface area contributed by atoms with E-state index < -0.39 is 0 Å². The molecule has 0 spiro atoms. The average molecular weight is 537 g/mol. The van der Waals surface area contributed by atoms with Gasteiger partial charge in [0.25, 0.3) is 0 Å². The normalized spacial score (nSPS) is 17.0. The van der Waals surface area contributed by atoms with Crippen molar-refractivity contribution in [3.05, 3.63) is 108 Å². The van der Waals surface area contributed by atoms with Crippen LogP contribution in [0, 0.1) is 13.8 Å². The van der Waals surface area contributed by atoms with Crippen molar-refractivity contribution in [3.8, 4) is 0 Å². The van der Waals surface area contributed by atoms with Gasteiger partial charge in [0.1, 0.15) is 12.7 Å². The molecule has 39 heavy (non-hydrogen) atoms. The second-order valence-corrected chi connectivity index (χ2v) is 10.0. The number of fused-ring (bicyclic) bond motifs is 1. The molecule has 0 bridgehead atoms. The van der Waals surface area contributed by atoms with E-state index in [2.05, 4.69) is 55.3 Å². The van der Waals surface area contributed by atoms with Crippen molar-refractivity contribution in [3.63, 3.8) is 0 Å². The Morgan fingerprint density at radius 3 is 2.59 bits per heavy atom. The van der Waals surface area contributed by atoms with Gasteiger partial charge in [0.2, 0.25) is 5.91 Å². The minimum atomic E-state index is -0.172. The number of amides is 1. The van der Waals surface area contributed by atoms with Crippen molar-refractivity contribution in [2.24, 2.45) is 0 Å². The number of hydrogen-bond acceptors (Lipinski definition) is 5. The van der Waals surface area contributed by atoms with E-state index in [1.165, 1.54) is 0 Å². The third-order valence-corrected chi connectivity index (χ3v) is 7.58. The van der Waals surface area contributed by atoms with Gasteiger partial charge in [-0.1, -0.05) is 42.5 Å². The van der Waals surface area contributed by atoms with Gasteiger partial charge in [0, 0.05) is 47.2 Å². The van der Waals surface area contributed by atoms with Crippen LogP contribution in [0.4, 0.5) is 5.69 Å². The van der Waals surface area contributed by atoms with Crippen molar-refractivity contribution < 1.29 is 4.79 Å². The zero-order valence-electron chi connectivity index (χ0n) is 21.7. The first-order valence-corrected chi connectivity index (χ1v) is 13.2. The maximum absolute atomic E-state index is 13.2. The highest BCUT2D eigenvalue weighted by Gasteiger charge is 2.41. The Bertz CT molecular complexity index is 1640. The molecule has 6 rings (SSSR count). The standard InChI is InChI=1S/C29H28N8OS/c1-19-16-23(20(2)37(19)35-17-31-32-18-35)28-27(25-11-5-6-14-30-25)34-29(39)36(28)15-13-26(38)33-24-12-7-9-21-8-3-4-10-22(21)24/h3-12,14,16-18,27-28H,13,15H2,1-2H3,(H,33,38)(H,34,39). The highest BCUT2D eigenvalue weighted by molar-refractivity contribution is 7.80. The molecule has 2 unspecified atom stereocenters. The number of hydrogen-bond donors (Lipinski definition) is 2. The number of aryl methyl sites for hydroxylation is 1. The first kappa shape index (κ1) is 24.7. The van der Waals surface area contributed by atoms with Crippen molar-refractivity contribution in [2.75, 3.05) is 11.9 Å². The number of anilines is 1. The molecule has 1 aliphatic rings. The van der Waals surface area contributed by atoms with Crippen LogP contribution in [0.3, 0.4) is 0 Å². The molecule has 1 fully saturated rings. The first-order valence-electron chi connectivity index (χ1n) is 12.8. The Kier molecular flexibility index (Phi) is 6.54. The number of aromatic nitrogens is 5. The lowest BCUT2D eigenvalue weighted by Crippen LogP contribution is -2.33. The Morgan fingerprint density at radius 1 is 1.03 bits per heavy atom. The molecule has 196 valence electrons. The molecule has 4 heterocycles. The SMILES string of the molecule is Cc1cc(C2C(c3ccccn3)NC(=S)N2CCC(=O)Nc2cccc3ccccc23)c(C)n1-n1cnnc1. The molecular formula is C29H28N8OS. The molecule has 9 nitrogen and oxygen atoms in total. The summed E-state index contributed by atoms with van der Waals surface area (Å²) in [4.78, 5) is 19.9. The third kappa shape index (κ3) is 4.63. The summed E-state index contributed by atoms with van der Waals surface area (Å²) < 4.78 is 3.92. The summed E-state index contributed by atoms with van der Waals surface area (Å²) in [6.45, 7) is 4.58. The van der Waals surface area contributed by atoms with Gasteiger partial charge < -0.3 is 15.5 Å². The summed E-state index contributed by atoms with van der Waals surface area (Å²) >= 11 is 5.83. The minimum absolute atomic E-state index is 0.0656. The number of carbonyl (C=O) groups is 1. The smallest absolute Gasteiger partial charge is 0.226 e. The van der Waals surface area contributed by atoms with Gasteiger partial charge in [-0.25, -0.2) is 4.68 Å². The van der Waals surface area contributed by atoms with Crippen LogP contribution in [0.2, 0.25) is 0 Å². The molecule has 10 heteroatoms. The van der Waals surface area contributed by atoms with E-state index in [1.807, 2.05) is 65.3 Å². The monoisotopic (exact) mass is 536 g/mol. The van der Waals surface area contributed by atoms with Crippen molar-refractivity contribution in [2.45, 2.75) is 32.4 Å². The number of benzene rings is 2.